The molecular weight excluding hydrogens is 192 g/mol. The van der Waals surface area contributed by atoms with Crippen LogP contribution < -0.4 is 5.32 Å². The van der Waals surface area contributed by atoms with E-state index in [1.807, 2.05) is 0 Å². The van der Waals surface area contributed by atoms with E-state index in [1.165, 1.54) is 18.5 Å². The summed E-state index contributed by atoms with van der Waals surface area (Å²) in [5.74, 6) is 0.805. The number of hydrogen-bond acceptors (Lipinski definition) is 3. The van der Waals surface area contributed by atoms with Crippen LogP contribution in [-0.2, 0) is 6.42 Å². The fraction of sp³-hybridized carbons (Fsp3) is 0.727. The van der Waals surface area contributed by atoms with Crippen LogP contribution in [0.3, 0.4) is 0 Å². The van der Waals surface area contributed by atoms with Gasteiger partial charge in [0.25, 0.3) is 0 Å². The minimum Gasteiger partial charge on any atom is -0.362 e. The normalized spacial score (nSPS) is 10.9. The zero-order valence-corrected chi connectivity index (χ0v) is 10.2. The molecule has 0 fully saturated rings. The number of thiazole rings is 1. The van der Waals surface area contributed by atoms with Gasteiger partial charge in [-0.05, 0) is 25.2 Å². The summed E-state index contributed by atoms with van der Waals surface area (Å²) < 4.78 is 0. The summed E-state index contributed by atoms with van der Waals surface area (Å²) in [5, 5.41) is 6.57. The van der Waals surface area contributed by atoms with Crippen molar-refractivity contribution in [3.63, 3.8) is 0 Å². The average Bonchev–Trinajstić information content (AvgIpc) is 2.60. The minimum atomic E-state index is 0.805. The summed E-state index contributed by atoms with van der Waals surface area (Å²) in [5.41, 5.74) is 1.20. The molecule has 0 unspecified atom stereocenters. The Morgan fingerprint density at radius 1 is 1.50 bits per heavy atom. The number of rotatable bonds is 6. The lowest BCUT2D eigenvalue weighted by Gasteiger charge is -2.04. The van der Waals surface area contributed by atoms with Gasteiger partial charge in [-0.15, -0.1) is 11.3 Å². The third-order valence-electron chi connectivity index (χ3n) is 2.15. The summed E-state index contributed by atoms with van der Waals surface area (Å²) in [6.45, 7) is 7.71. The van der Waals surface area contributed by atoms with Crippen molar-refractivity contribution < 1.29 is 0 Å². The van der Waals surface area contributed by atoms with E-state index in [2.05, 4.69) is 36.5 Å². The Hall–Kier alpha value is -0.570. The second-order valence-electron chi connectivity index (χ2n) is 3.96. The van der Waals surface area contributed by atoms with Gasteiger partial charge in [-0.2, -0.15) is 0 Å². The molecule has 1 aromatic rings. The van der Waals surface area contributed by atoms with Gasteiger partial charge in [0.2, 0.25) is 0 Å². The van der Waals surface area contributed by atoms with Crippen molar-refractivity contribution in [1.29, 1.82) is 0 Å². The van der Waals surface area contributed by atoms with Gasteiger partial charge in [-0.3, -0.25) is 0 Å². The van der Waals surface area contributed by atoms with E-state index < -0.39 is 0 Å². The predicted octanol–water partition coefficient (Wildman–Crippen LogP) is 3.55. The Morgan fingerprint density at radius 2 is 2.29 bits per heavy atom. The van der Waals surface area contributed by atoms with E-state index in [-0.39, 0.29) is 0 Å². The van der Waals surface area contributed by atoms with Crippen molar-refractivity contribution in [3.8, 4) is 0 Å². The van der Waals surface area contributed by atoms with Gasteiger partial charge in [0.1, 0.15) is 0 Å². The van der Waals surface area contributed by atoms with E-state index in [0.29, 0.717) is 0 Å². The first-order chi connectivity index (χ1) is 6.72. The van der Waals surface area contributed by atoms with Gasteiger partial charge in [-0.1, -0.05) is 20.8 Å². The molecule has 0 spiro atoms. The molecule has 1 aromatic heterocycles. The van der Waals surface area contributed by atoms with Gasteiger partial charge in [0, 0.05) is 11.9 Å². The SMILES string of the molecule is CCc1csc(NCCCC(C)C)n1. The highest BCUT2D eigenvalue weighted by Gasteiger charge is 1.99. The molecule has 3 heteroatoms. The van der Waals surface area contributed by atoms with Gasteiger partial charge in [-0.25, -0.2) is 4.98 Å². The monoisotopic (exact) mass is 212 g/mol. The van der Waals surface area contributed by atoms with Crippen LogP contribution in [0.1, 0.15) is 39.3 Å². The van der Waals surface area contributed by atoms with E-state index in [1.54, 1.807) is 11.3 Å². The van der Waals surface area contributed by atoms with Crippen molar-refractivity contribution >= 4 is 16.5 Å². The van der Waals surface area contributed by atoms with Gasteiger partial charge in [0.05, 0.1) is 5.69 Å². The van der Waals surface area contributed by atoms with Crippen LogP contribution in [0.25, 0.3) is 0 Å². The number of hydrogen-bond donors (Lipinski definition) is 1. The Morgan fingerprint density at radius 3 is 2.86 bits per heavy atom. The molecule has 0 atom stereocenters. The van der Waals surface area contributed by atoms with Crippen LogP contribution in [0.4, 0.5) is 5.13 Å². The molecule has 1 N–H and O–H groups in total. The second kappa shape index (κ2) is 6.02. The van der Waals surface area contributed by atoms with Crippen LogP contribution in [0.2, 0.25) is 0 Å². The molecule has 0 saturated carbocycles. The molecule has 0 bridgehead atoms. The minimum absolute atomic E-state index is 0.805. The van der Waals surface area contributed by atoms with Crippen LogP contribution in [-0.4, -0.2) is 11.5 Å². The fourth-order valence-corrected chi connectivity index (χ4v) is 2.08. The van der Waals surface area contributed by atoms with Crippen molar-refractivity contribution in [2.24, 2.45) is 5.92 Å². The van der Waals surface area contributed by atoms with Gasteiger partial charge >= 0.3 is 0 Å². The highest BCUT2D eigenvalue weighted by Crippen LogP contribution is 2.15. The molecule has 0 amide bonds. The smallest absolute Gasteiger partial charge is 0.182 e. The van der Waals surface area contributed by atoms with E-state index >= 15 is 0 Å². The van der Waals surface area contributed by atoms with Crippen molar-refractivity contribution in [1.82, 2.24) is 4.98 Å². The number of anilines is 1. The third kappa shape index (κ3) is 4.09. The molecule has 0 radical (unpaired) electrons. The topological polar surface area (TPSA) is 24.9 Å². The maximum atomic E-state index is 4.45. The van der Waals surface area contributed by atoms with Crippen LogP contribution >= 0.6 is 11.3 Å². The third-order valence-corrected chi connectivity index (χ3v) is 3.00. The van der Waals surface area contributed by atoms with E-state index in [9.17, 15) is 0 Å². The predicted molar refractivity (Wildman–Crippen MR) is 64.1 cm³/mol. The Labute approximate surface area is 90.8 Å². The fourth-order valence-electron chi connectivity index (χ4n) is 1.26. The number of nitrogens with zero attached hydrogens (tertiary/aromatic N) is 1. The first kappa shape index (κ1) is 11.5. The van der Waals surface area contributed by atoms with Gasteiger partial charge in [0.15, 0.2) is 5.13 Å². The molecule has 2 nitrogen and oxygen atoms in total. The Kier molecular flexibility index (Phi) is 4.94. The lowest BCUT2D eigenvalue weighted by molar-refractivity contribution is 0.567. The molecule has 1 rings (SSSR count). The zero-order valence-electron chi connectivity index (χ0n) is 9.34. The highest BCUT2D eigenvalue weighted by molar-refractivity contribution is 7.13. The average molecular weight is 212 g/mol. The van der Waals surface area contributed by atoms with Crippen LogP contribution in [0.5, 0.6) is 0 Å². The number of nitrogens with one attached hydrogen (secondary N) is 1. The van der Waals surface area contributed by atoms with Crippen molar-refractivity contribution in [2.75, 3.05) is 11.9 Å². The number of aromatic nitrogens is 1. The lowest BCUT2D eigenvalue weighted by Crippen LogP contribution is -2.02. The first-order valence-electron chi connectivity index (χ1n) is 5.40. The first-order valence-corrected chi connectivity index (χ1v) is 6.28. The molecule has 0 aliphatic rings. The van der Waals surface area contributed by atoms with Crippen LogP contribution in [0.15, 0.2) is 5.38 Å². The summed E-state index contributed by atoms with van der Waals surface area (Å²) in [4.78, 5) is 4.45. The maximum Gasteiger partial charge on any atom is 0.182 e. The van der Waals surface area contributed by atoms with Crippen molar-refractivity contribution in [2.45, 2.75) is 40.0 Å². The lowest BCUT2D eigenvalue weighted by atomic mass is 10.1. The molecule has 0 aliphatic heterocycles. The second-order valence-corrected chi connectivity index (χ2v) is 4.82. The van der Waals surface area contributed by atoms with E-state index in [0.717, 1.165) is 24.0 Å². The number of aryl methyl sites for hydroxylation is 1. The quantitative estimate of drug-likeness (QED) is 0.729. The summed E-state index contributed by atoms with van der Waals surface area (Å²) >= 11 is 1.71. The molecule has 14 heavy (non-hydrogen) atoms. The largest absolute Gasteiger partial charge is 0.362 e. The molecular formula is C11H20N2S. The molecule has 0 saturated heterocycles. The highest BCUT2D eigenvalue weighted by atomic mass is 32.1. The molecule has 0 aliphatic carbocycles. The molecule has 80 valence electrons. The summed E-state index contributed by atoms with van der Waals surface area (Å²) in [6, 6.07) is 0. The zero-order chi connectivity index (χ0) is 10.4. The summed E-state index contributed by atoms with van der Waals surface area (Å²) in [6.07, 6.45) is 3.56. The van der Waals surface area contributed by atoms with E-state index in [4.69, 9.17) is 0 Å². The van der Waals surface area contributed by atoms with Crippen molar-refractivity contribution in [3.05, 3.63) is 11.1 Å². The molecule has 0 aromatic carbocycles. The Balaban J connectivity index is 2.18. The summed E-state index contributed by atoms with van der Waals surface area (Å²) in [7, 11) is 0. The van der Waals surface area contributed by atoms with Crippen LogP contribution in [0, 0.1) is 5.92 Å². The molecule has 1 heterocycles. The maximum absolute atomic E-state index is 4.45. The Bertz CT molecular complexity index is 256. The standard InChI is InChI=1S/C11H20N2S/c1-4-10-8-14-11(13-10)12-7-5-6-9(2)3/h8-9H,4-7H2,1-3H3,(H,12,13). The van der Waals surface area contributed by atoms with Gasteiger partial charge < -0.3 is 5.32 Å².